The van der Waals surface area contributed by atoms with E-state index in [0.717, 1.165) is 25.6 Å². The van der Waals surface area contributed by atoms with Crippen molar-refractivity contribution in [3.05, 3.63) is 82.3 Å². The highest BCUT2D eigenvalue weighted by Gasteiger charge is 2.29. The Kier molecular flexibility index (Phi) is 8.52. The number of methoxy groups -OCH3 is 1. The van der Waals surface area contributed by atoms with Crippen LogP contribution in [0.2, 0.25) is 0 Å². The molecular formula is C25H27BrN4O4S. The van der Waals surface area contributed by atoms with Crippen molar-refractivity contribution >= 4 is 49.4 Å². The fourth-order valence-corrected chi connectivity index (χ4v) is 5.47. The number of para-hydroxylation sites is 2. The number of hydrogen-bond donors (Lipinski definition) is 1. The second-order valence-electron chi connectivity index (χ2n) is 7.90. The van der Waals surface area contributed by atoms with Crippen LogP contribution in [-0.2, 0) is 14.8 Å². The van der Waals surface area contributed by atoms with Crippen molar-refractivity contribution in [1.82, 2.24) is 5.43 Å². The quantitative estimate of drug-likeness (QED) is 0.314. The third kappa shape index (κ3) is 6.40. The molecule has 0 heterocycles. The fourth-order valence-electron chi connectivity index (χ4n) is 3.28. The number of carbonyl (C=O) groups excluding carboxylic acids is 1. The molecule has 0 saturated carbocycles. The van der Waals surface area contributed by atoms with Crippen LogP contribution in [0.1, 0.15) is 11.1 Å². The van der Waals surface area contributed by atoms with Crippen LogP contribution in [0.15, 0.2) is 81.2 Å². The maximum absolute atomic E-state index is 13.5. The molecule has 0 atom stereocenters. The average molecular weight is 559 g/mol. The van der Waals surface area contributed by atoms with Crippen molar-refractivity contribution in [3.8, 4) is 5.75 Å². The SMILES string of the molecule is COc1ccccc1N(CC(=O)N/N=C/c1ccc(N(C)C)c(Br)c1)S(=O)(=O)c1ccc(C)cc1. The first-order valence-corrected chi connectivity index (χ1v) is 12.9. The van der Waals surface area contributed by atoms with Gasteiger partial charge < -0.3 is 9.64 Å². The molecule has 0 aromatic heterocycles. The molecule has 8 nitrogen and oxygen atoms in total. The molecule has 0 fully saturated rings. The minimum absolute atomic E-state index is 0.0659. The zero-order valence-electron chi connectivity index (χ0n) is 19.9. The van der Waals surface area contributed by atoms with Crippen LogP contribution >= 0.6 is 15.9 Å². The number of ether oxygens (including phenoxy) is 1. The van der Waals surface area contributed by atoms with Crippen molar-refractivity contribution < 1.29 is 17.9 Å². The van der Waals surface area contributed by atoms with E-state index in [1.165, 1.54) is 25.5 Å². The molecule has 3 rings (SSSR count). The number of anilines is 2. The van der Waals surface area contributed by atoms with Gasteiger partial charge in [0.2, 0.25) is 0 Å². The van der Waals surface area contributed by atoms with Crippen molar-refractivity contribution in [2.45, 2.75) is 11.8 Å². The molecule has 1 N–H and O–H groups in total. The second kappa shape index (κ2) is 11.4. The van der Waals surface area contributed by atoms with E-state index >= 15 is 0 Å². The maximum atomic E-state index is 13.5. The first-order valence-electron chi connectivity index (χ1n) is 10.6. The number of hydrazone groups is 1. The molecule has 0 unspecified atom stereocenters. The summed E-state index contributed by atoms with van der Waals surface area (Å²) in [5.74, 6) is -0.280. The van der Waals surface area contributed by atoms with Gasteiger partial charge in [0.1, 0.15) is 12.3 Å². The normalized spacial score (nSPS) is 11.3. The number of hydrogen-bond acceptors (Lipinski definition) is 6. The molecular weight excluding hydrogens is 532 g/mol. The topological polar surface area (TPSA) is 91.3 Å². The van der Waals surface area contributed by atoms with Crippen molar-refractivity contribution in [3.63, 3.8) is 0 Å². The standard InChI is InChI=1S/C25H27BrN4O4S/c1-18-9-12-20(13-10-18)35(32,33)30(23-7-5-6-8-24(23)34-4)17-25(31)28-27-16-19-11-14-22(29(2)3)21(26)15-19/h5-16H,17H2,1-4H3,(H,28,31)/b27-16+. The lowest BCUT2D eigenvalue weighted by molar-refractivity contribution is -0.119. The molecule has 0 aliphatic rings. The lowest BCUT2D eigenvalue weighted by Crippen LogP contribution is -2.39. The zero-order valence-corrected chi connectivity index (χ0v) is 22.3. The van der Waals surface area contributed by atoms with Gasteiger partial charge in [-0.3, -0.25) is 9.10 Å². The molecule has 35 heavy (non-hydrogen) atoms. The third-order valence-electron chi connectivity index (χ3n) is 5.11. The van der Waals surface area contributed by atoms with Gasteiger partial charge in [0.25, 0.3) is 15.9 Å². The Hall–Kier alpha value is -3.37. The van der Waals surface area contributed by atoms with Crippen molar-refractivity contribution in [2.75, 3.05) is 37.0 Å². The number of halogens is 1. The summed E-state index contributed by atoms with van der Waals surface area (Å²) in [5, 5.41) is 4.00. The number of nitrogens with zero attached hydrogens (tertiary/aromatic N) is 3. The summed E-state index contributed by atoms with van der Waals surface area (Å²) in [6.45, 7) is 1.38. The van der Waals surface area contributed by atoms with E-state index in [1.807, 2.05) is 44.1 Å². The molecule has 10 heteroatoms. The number of nitrogens with one attached hydrogen (secondary N) is 1. The van der Waals surface area contributed by atoms with Gasteiger partial charge in [-0.1, -0.05) is 35.9 Å². The van der Waals surface area contributed by atoms with Gasteiger partial charge in [-0.2, -0.15) is 5.10 Å². The lowest BCUT2D eigenvalue weighted by Gasteiger charge is -2.25. The smallest absolute Gasteiger partial charge is 0.264 e. The molecule has 3 aromatic rings. The van der Waals surface area contributed by atoms with Crippen LogP contribution < -0.4 is 19.4 Å². The fraction of sp³-hybridized carbons (Fsp3) is 0.200. The summed E-state index contributed by atoms with van der Waals surface area (Å²) >= 11 is 3.51. The number of benzene rings is 3. The van der Waals surface area contributed by atoms with Gasteiger partial charge in [0.05, 0.1) is 29.6 Å². The highest BCUT2D eigenvalue weighted by molar-refractivity contribution is 9.10. The number of sulfonamides is 1. The van der Waals surface area contributed by atoms with Gasteiger partial charge in [0.15, 0.2) is 0 Å². The predicted octanol–water partition coefficient (Wildman–Crippen LogP) is 4.18. The first kappa shape index (κ1) is 26.2. The van der Waals surface area contributed by atoms with E-state index in [1.54, 1.807) is 36.4 Å². The van der Waals surface area contributed by atoms with Gasteiger partial charge in [-0.15, -0.1) is 0 Å². The zero-order chi connectivity index (χ0) is 25.6. The molecule has 0 radical (unpaired) electrons. The second-order valence-corrected chi connectivity index (χ2v) is 10.6. The maximum Gasteiger partial charge on any atom is 0.264 e. The van der Waals surface area contributed by atoms with E-state index in [9.17, 15) is 13.2 Å². The molecule has 1 amide bonds. The van der Waals surface area contributed by atoms with Gasteiger partial charge in [0, 0.05) is 18.6 Å². The van der Waals surface area contributed by atoms with E-state index in [-0.39, 0.29) is 10.6 Å². The van der Waals surface area contributed by atoms with Crippen LogP contribution in [-0.4, -0.2) is 48.3 Å². The van der Waals surface area contributed by atoms with E-state index < -0.39 is 22.5 Å². The Balaban J connectivity index is 1.85. The number of carbonyl (C=O) groups is 1. The minimum atomic E-state index is -4.06. The van der Waals surface area contributed by atoms with Gasteiger partial charge in [-0.25, -0.2) is 13.8 Å². The summed E-state index contributed by atoms with van der Waals surface area (Å²) in [4.78, 5) is 14.8. The largest absolute Gasteiger partial charge is 0.495 e. The first-order chi connectivity index (χ1) is 16.6. The molecule has 0 aliphatic heterocycles. The molecule has 0 saturated heterocycles. The van der Waals surface area contributed by atoms with Crippen molar-refractivity contribution in [2.24, 2.45) is 5.10 Å². The van der Waals surface area contributed by atoms with E-state index in [4.69, 9.17) is 4.74 Å². The van der Waals surface area contributed by atoms with Crippen molar-refractivity contribution in [1.29, 1.82) is 0 Å². The van der Waals surface area contributed by atoms with Crippen LogP contribution in [0.25, 0.3) is 0 Å². The van der Waals surface area contributed by atoms with E-state index in [0.29, 0.717) is 5.75 Å². The van der Waals surface area contributed by atoms with Gasteiger partial charge >= 0.3 is 0 Å². The Morgan fingerprint density at radius 2 is 1.74 bits per heavy atom. The summed E-state index contributed by atoms with van der Waals surface area (Å²) in [5.41, 5.74) is 5.35. The van der Waals surface area contributed by atoms with Crippen LogP contribution in [0.4, 0.5) is 11.4 Å². The van der Waals surface area contributed by atoms with Crippen LogP contribution in [0.3, 0.4) is 0 Å². The third-order valence-corrected chi connectivity index (χ3v) is 7.52. The Morgan fingerprint density at radius 3 is 2.37 bits per heavy atom. The van der Waals surface area contributed by atoms with Gasteiger partial charge in [-0.05, 0) is 64.8 Å². The van der Waals surface area contributed by atoms with Crippen LogP contribution in [0, 0.1) is 6.92 Å². The Morgan fingerprint density at radius 1 is 1.06 bits per heavy atom. The number of aryl methyl sites for hydroxylation is 1. The summed E-state index contributed by atoms with van der Waals surface area (Å²) < 4.78 is 34.3. The molecule has 0 bridgehead atoms. The summed E-state index contributed by atoms with van der Waals surface area (Å²) in [6.07, 6.45) is 1.49. The minimum Gasteiger partial charge on any atom is -0.495 e. The number of rotatable bonds is 9. The van der Waals surface area contributed by atoms with Crippen LogP contribution in [0.5, 0.6) is 5.75 Å². The van der Waals surface area contributed by atoms with E-state index in [2.05, 4.69) is 26.5 Å². The lowest BCUT2D eigenvalue weighted by atomic mass is 10.2. The highest BCUT2D eigenvalue weighted by atomic mass is 79.9. The summed E-state index contributed by atoms with van der Waals surface area (Å²) in [7, 11) is 1.25. The molecule has 0 spiro atoms. The Bertz CT molecular complexity index is 1330. The Labute approximate surface area is 214 Å². The molecule has 0 aliphatic carbocycles. The monoisotopic (exact) mass is 558 g/mol. The highest BCUT2D eigenvalue weighted by Crippen LogP contribution is 2.32. The molecule has 3 aromatic carbocycles. The predicted molar refractivity (Wildman–Crippen MR) is 143 cm³/mol. The average Bonchev–Trinajstić information content (AvgIpc) is 2.82. The summed E-state index contributed by atoms with van der Waals surface area (Å²) in [6, 6.07) is 18.7. The number of amides is 1. The molecule has 184 valence electrons.